The molecule has 0 aliphatic rings. The second-order valence-corrected chi connectivity index (χ2v) is 3.91. The first-order valence-electron chi connectivity index (χ1n) is 5.36. The van der Waals surface area contributed by atoms with E-state index in [0.29, 0.717) is 6.42 Å². The summed E-state index contributed by atoms with van der Waals surface area (Å²) in [6.45, 7) is 3.29. The Balaban J connectivity index is 2.87. The minimum Gasteiger partial charge on any atom is -0.480 e. The van der Waals surface area contributed by atoms with Crippen molar-refractivity contribution in [1.29, 1.82) is 0 Å². The zero-order valence-electron chi connectivity index (χ0n) is 10.4. The zero-order valence-corrected chi connectivity index (χ0v) is 10.4. The van der Waals surface area contributed by atoms with Crippen LogP contribution in [0, 0.1) is 0 Å². The third-order valence-corrected chi connectivity index (χ3v) is 2.64. The molecule has 18 heavy (non-hydrogen) atoms. The lowest BCUT2D eigenvalue weighted by Crippen LogP contribution is -2.43. The van der Waals surface area contributed by atoms with Crippen molar-refractivity contribution < 1.29 is 19.4 Å². The summed E-state index contributed by atoms with van der Waals surface area (Å²) in [6, 6.07) is 2.90. The van der Waals surface area contributed by atoms with E-state index in [-0.39, 0.29) is 11.5 Å². The van der Waals surface area contributed by atoms with Gasteiger partial charge in [0, 0.05) is 0 Å². The number of anilines is 1. The maximum absolute atomic E-state index is 11.1. The lowest BCUT2D eigenvalue weighted by Gasteiger charge is -2.24. The fourth-order valence-corrected chi connectivity index (χ4v) is 1.19. The molecule has 1 rings (SSSR count). The topological polar surface area (TPSA) is 101 Å². The Morgan fingerprint density at radius 2 is 2.11 bits per heavy atom. The quantitative estimate of drug-likeness (QED) is 0.752. The van der Waals surface area contributed by atoms with Crippen molar-refractivity contribution in [3.05, 3.63) is 17.8 Å². The minimum atomic E-state index is -1.12. The Morgan fingerprint density at radius 3 is 2.50 bits per heavy atom. The largest absolute Gasteiger partial charge is 0.480 e. The monoisotopic (exact) mass is 253 g/mol. The average molecular weight is 253 g/mol. The van der Waals surface area contributed by atoms with Gasteiger partial charge in [-0.25, -0.2) is 9.59 Å². The number of ether oxygens (including phenoxy) is 1. The van der Waals surface area contributed by atoms with Crippen LogP contribution in [0.15, 0.2) is 12.1 Å². The molecule has 0 aliphatic heterocycles. The molecule has 1 unspecified atom stereocenters. The Morgan fingerprint density at radius 1 is 1.44 bits per heavy atom. The van der Waals surface area contributed by atoms with Gasteiger partial charge in [0.1, 0.15) is 11.4 Å². The molecule has 98 valence electrons. The highest BCUT2D eigenvalue weighted by atomic mass is 16.5. The van der Waals surface area contributed by atoms with Gasteiger partial charge in [-0.3, -0.25) is 0 Å². The van der Waals surface area contributed by atoms with E-state index in [0.717, 1.165) is 0 Å². The summed E-state index contributed by atoms with van der Waals surface area (Å²) in [4.78, 5) is 22.2. The predicted molar refractivity (Wildman–Crippen MR) is 63.3 cm³/mol. The number of nitrogens with one attached hydrogen (secondary N) is 1. The number of hydrogen-bond donors (Lipinski definition) is 2. The number of nitrogens with zero attached hydrogens (tertiary/aromatic N) is 2. The Hall–Kier alpha value is -2.18. The van der Waals surface area contributed by atoms with Crippen molar-refractivity contribution in [3.8, 4) is 0 Å². The number of aliphatic carboxylic acids is 1. The lowest BCUT2D eigenvalue weighted by atomic mass is 9.99. The first kappa shape index (κ1) is 13.9. The van der Waals surface area contributed by atoms with E-state index in [1.807, 2.05) is 0 Å². The summed E-state index contributed by atoms with van der Waals surface area (Å²) in [7, 11) is 1.24. The molecule has 2 N–H and O–H groups in total. The van der Waals surface area contributed by atoms with E-state index >= 15 is 0 Å². The van der Waals surface area contributed by atoms with Crippen LogP contribution in [0.4, 0.5) is 5.82 Å². The van der Waals surface area contributed by atoms with Crippen molar-refractivity contribution in [3.63, 3.8) is 0 Å². The molecule has 7 nitrogen and oxygen atoms in total. The molecule has 0 saturated carbocycles. The van der Waals surface area contributed by atoms with Gasteiger partial charge in [0.2, 0.25) is 0 Å². The van der Waals surface area contributed by atoms with Crippen molar-refractivity contribution in [2.75, 3.05) is 12.4 Å². The van der Waals surface area contributed by atoms with Crippen molar-refractivity contribution >= 4 is 17.8 Å². The summed E-state index contributed by atoms with van der Waals surface area (Å²) in [5.41, 5.74) is -1.06. The van der Waals surface area contributed by atoms with Gasteiger partial charge < -0.3 is 15.2 Å². The number of esters is 1. The minimum absolute atomic E-state index is 0.0663. The number of carboxylic acid groups (broad SMARTS) is 1. The Kier molecular flexibility index (Phi) is 4.19. The SMILES string of the molecule is CCC(C)(Nc1ccc(C(=O)OC)nn1)C(=O)O. The fourth-order valence-electron chi connectivity index (χ4n) is 1.19. The highest BCUT2D eigenvalue weighted by molar-refractivity contribution is 5.87. The molecule has 1 heterocycles. The Bertz CT molecular complexity index is 446. The number of carbonyl (C=O) groups is 2. The van der Waals surface area contributed by atoms with Gasteiger partial charge in [-0.15, -0.1) is 10.2 Å². The molecule has 7 heteroatoms. The lowest BCUT2D eigenvalue weighted by molar-refractivity contribution is -0.141. The molecule has 0 amide bonds. The molecule has 1 aromatic rings. The second-order valence-electron chi connectivity index (χ2n) is 3.91. The number of hydrogen-bond acceptors (Lipinski definition) is 6. The van der Waals surface area contributed by atoms with Crippen molar-refractivity contribution in [2.45, 2.75) is 25.8 Å². The van der Waals surface area contributed by atoms with Crippen LogP contribution in [-0.4, -0.2) is 39.9 Å². The molecule has 0 aliphatic carbocycles. The second kappa shape index (κ2) is 5.44. The third kappa shape index (κ3) is 2.93. The highest BCUT2D eigenvalue weighted by Gasteiger charge is 2.31. The predicted octanol–water partition coefficient (Wildman–Crippen LogP) is 0.928. The third-order valence-electron chi connectivity index (χ3n) is 2.64. The van der Waals surface area contributed by atoms with Crippen LogP contribution in [0.1, 0.15) is 30.8 Å². The molecule has 0 radical (unpaired) electrons. The number of rotatable bonds is 5. The molecule has 0 bridgehead atoms. The summed E-state index contributed by atoms with van der Waals surface area (Å²) < 4.78 is 4.48. The average Bonchev–Trinajstić information content (AvgIpc) is 2.38. The normalized spacial score (nSPS) is 13.5. The molecular weight excluding hydrogens is 238 g/mol. The molecule has 0 fully saturated rings. The maximum Gasteiger partial charge on any atom is 0.358 e. The Labute approximate surface area is 104 Å². The number of carbonyl (C=O) groups excluding carboxylic acids is 1. The van der Waals surface area contributed by atoms with E-state index < -0.39 is 17.5 Å². The van der Waals surface area contributed by atoms with Gasteiger partial charge in [-0.1, -0.05) is 6.92 Å². The first-order valence-corrected chi connectivity index (χ1v) is 5.36. The number of aromatic nitrogens is 2. The van der Waals surface area contributed by atoms with Crippen molar-refractivity contribution in [1.82, 2.24) is 10.2 Å². The first-order chi connectivity index (χ1) is 8.42. The van der Waals surface area contributed by atoms with Gasteiger partial charge in [-0.05, 0) is 25.5 Å². The van der Waals surface area contributed by atoms with Crippen molar-refractivity contribution in [2.24, 2.45) is 0 Å². The summed E-state index contributed by atoms with van der Waals surface area (Å²) in [6.07, 6.45) is 0.378. The molecule has 1 aromatic heterocycles. The summed E-state index contributed by atoms with van der Waals surface area (Å²) in [5.74, 6) is -1.29. The van der Waals surface area contributed by atoms with Crippen LogP contribution < -0.4 is 5.32 Å². The van der Waals surface area contributed by atoms with Crippen LogP contribution in [0.2, 0.25) is 0 Å². The molecule has 1 atom stereocenters. The highest BCUT2D eigenvalue weighted by Crippen LogP contribution is 2.16. The van der Waals surface area contributed by atoms with Gasteiger partial charge in [0.05, 0.1) is 7.11 Å². The van der Waals surface area contributed by atoms with E-state index in [4.69, 9.17) is 5.11 Å². The van der Waals surface area contributed by atoms with Crippen LogP contribution in [0.25, 0.3) is 0 Å². The van der Waals surface area contributed by atoms with E-state index in [1.165, 1.54) is 19.2 Å². The van der Waals surface area contributed by atoms with Crippen LogP contribution in [0.3, 0.4) is 0 Å². The van der Waals surface area contributed by atoms with Crippen LogP contribution >= 0.6 is 0 Å². The summed E-state index contributed by atoms with van der Waals surface area (Å²) in [5, 5.41) is 19.2. The molecule has 0 spiro atoms. The van der Waals surface area contributed by atoms with Crippen LogP contribution in [0.5, 0.6) is 0 Å². The zero-order chi connectivity index (χ0) is 13.8. The van der Waals surface area contributed by atoms with E-state index in [9.17, 15) is 9.59 Å². The molecule has 0 aromatic carbocycles. The van der Waals surface area contributed by atoms with Gasteiger partial charge >= 0.3 is 11.9 Å². The van der Waals surface area contributed by atoms with Gasteiger partial charge in [0.25, 0.3) is 0 Å². The number of carboxylic acids is 1. The van der Waals surface area contributed by atoms with Crippen LogP contribution in [-0.2, 0) is 9.53 Å². The van der Waals surface area contributed by atoms with E-state index in [2.05, 4.69) is 20.3 Å². The number of methoxy groups -OCH3 is 1. The van der Waals surface area contributed by atoms with Gasteiger partial charge in [0.15, 0.2) is 5.69 Å². The fraction of sp³-hybridized carbons (Fsp3) is 0.455. The summed E-state index contributed by atoms with van der Waals surface area (Å²) >= 11 is 0. The van der Waals surface area contributed by atoms with E-state index in [1.54, 1.807) is 13.8 Å². The standard InChI is InChI=1S/C11H15N3O4/c1-4-11(2,10(16)17)12-8-6-5-7(13-14-8)9(15)18-3/h5-6H,4H2,1-3H3,(H,12,14)(H,16,17). The maximum atomic E-state index is 11.1. The molecular formula is C11H15N3O4. The van der Waals surface area contributed by atoms with Gasteiger partial charge in [-0.2, -0.15) is 0 Å². The smallest absolute Gasteiger partial charge is 0.358 e. The molecule has 0 saturated heterocycles.